The fourth-order valence-corrected chi connectivity index (χ4v) is 4.70. The van der Waals surface area contributed by atoms with Crippen LogP contribution in [0.4, 0.5) is 5.82 Å². The van der Waals surface area contributed by atoms with Gasteiger partial charge in [0.05, 0.1) is 20.1 Å². The number of esters is 1. The highest BCUT2D eigenvalue weighted by atomic mass is 16.5. The van der Waals surface area contributed by atoms with Crippen LogP contribution in [0.15, 0.2) is 29.1 Å². The lowest BCUT2D eigenvalue weighted by Crippen LogP contribution is -2.37. The summed E-state index contributed by atoms with van der Waals surface area (Å²) in [5.41, 5.74) is 9.01. The first kappa shape index (κ1) is 25.7. The molecule has 3 N–H and O–H groups in total. The summed E-state index contributed by atoms with van der Waals surface area (Å²) in [4.78, 5) is 38.0. The average Bonchev–Trinajstić information content (AvgIpc) is 3.19. The zero-order valence-electron chi connectivity index (χ0n) is 21.2. The van der Waals surface area contributed by atoms with Gasteiger partial charge in [0.1, 0.15) is 5.52 Å². The summed E-state index contributed by atoms with van der Waals surface area (Å²) >= 11 is 0. The van der Waals surface area contributed by atoms with E-state index in [-0.39, 0.29) is 23.5 Å². The van der Waals surface area contributed by atoms with Gasteiger partial charge in [0.15, 0.2) is 11.5 Å². The largest absolute Gasteiger partial charge is 0.469 e. The number of piperidine rings is 1. The van der Waals surface area contributed by atoms with E-state index in [1.165, 1.54) is 12.7 Å². The van der Waals surface area contributed by atoms with Gasteiger partial charge in [-0.2, -0.15) is 9.97 Å². The van der Waals surface area contributed by atoms with Gasteiger partial charge in [-0.15, -0.1) is 0 Å². The van der Waals surface area contributed by atoms with Gasteiger partial charge in [-0.3, -0.25) is 9.36 Å². The number of carbonyl (C=O) groups excluding carboxylic acids is 1. The zero-order valence-corrected chi connectivity index (χ0v) is 21.2. The maximum absolute atomic E-state index is 12.6. The highest BCUT2D eigenvalue weighted by molar-refractivity contribution is 5.81. The van der Waals surface area contributed by atoms with Gasteiger partial charge in [0.2, 0.25) is 0 Å². The van der Waals surface area contributed by atoms with Gasteiger partial charge in [-0.05, 0) is 55.8 Å². The van der Waals surface area contributed by atoms with Crippen LogP contribution in [0.1, 0.15) is 43.7 Å². The molecule has 3 heterocycles. The van der Waals surface area contributed by atoms with Crippen molar-refractivity contribution >= 4 is 23.0 Å². The SMILES string of the molecule is CCCCOc1nc(N)c2[nH]c(=O)n(CCN3CCC(Cc4cccc(CC(=O)OC)c4)CC3)c2n1. The van der Waals surface area contributed by atoms with Crippen LogP contribution >= 0.6 is 0 Å². The predicted molar refractivity (Wildman–Crippen MR) is 138 cm³/mol. The second-order valence-electron chi connectivity index (χ2n) is 9.44. The maximum atomic E-state index is 12.6. The van der Waals surface area contributed by atoms with E-state index in [0.717, 1.165) is 57.3 Å². The summed E-state index contributed by atoms with van der Waals surface area (Å²) < 4.78 is 12.0. The normalized spacial score (nSPS) is 14.8. The van der Waals surface area contributed by atoms with Crippen molar-refractivity contribution in [2.45, 2.75) is 52.0 Å². The zero-order chi connectivity index (χ0) is 25.5. The monoisotopic (exact) mass is 496 g/mol. The van der Waals surface area contributed by atoms with Crippen molar-refractivity contribution in [2.75, 3.05) is 39.1 Å². The lowest BCUT2D eigenvalue weighted by Gasteiger charge is -2.32. The number of aromatic amines is 1. The Bertz CT molecular complexity index is 1230. The van der Waals surface area contributed by atoms with E-state index in [4.69, 9.17) is 15.2 Å². The molecule has 3 aromatic rings. The molecule has 1 aromatic carbocycles. The minimum absolute atomic E-state index is 0.206. The summed E-state index contributed by atoms with van der Waals surface area (Å²) in [7, 11) is 1.42. The number of nitrogen functional groups attached to an aromatic ring is 1. The van der Waals surface area contributed by atoms with E-state index < -0.39 is 0 Å². The van der Waals surface area contributed by atoms with Gasteiger partial charge in [-0.25, -0.2) is 4.79 Å². The summed E-state index contributed by atoms with van der Waals surface area (Å²) in [6.45, 7) is 5.83. The molecular weight excluding hydrogens is 460 g/mol. The van der Waals surface area contributed by atoms with Crippen molar-refractivity contribution < 1.29 is 14.3 Å². The Morgan fingerprint density at radius 1 is 1.19 bits per heavy atom. The molecule has 10 heteroatoms. The Balaban J connectivity index is 1.32. The third kappa shape index (κ3) is 6.42. The first-order valence-electron chi connectivity index (χ1n) is 12.7. The predicted octanol–water partition coefficient (Wildman–Crippen LogP) is 2.55. The number of methoxy groups -OCH3 is 1. The number of ether oxygens (including phenoxy) is 2. The minimum atomic E-state index is -0.238. The number of H-pyrrole nitrogens is 1. The molecule has 0 atom stereocenters. The third-order valence-corrected chi connectivity index (χ3v) is 6.80. The number of hydrogen-bond donors (Lipinski definition) is 2. The minimum Gasteiger partial charge on any atom is -0.469 e. The quantitative estimate of drug-likeness (QED) is 0.306. The summed E-state index contributed by atoms with van der Waals surface area (Å²) in [5, 5.41) is 0. The van der Waals surface area contributed by atoms with Crippen molar-refractivity contribution in [1.82, 2.24) is 24.4 Å². The van der Waals surface area contributed by atoms with Crippen molar-refractivity contribution in [2.24, 2.45) is 5.92 Å². The Labute approximate surface area is 210 Å². The molecule has 36 heavy (non-hydrogen) atoms. The number of hydrogen-bond acceptors (Lipinski definition) is 8. The number of unbranched alkanes of at least 4 members (excludes halogenated alkanes) is 1. The second kappa shape index (κ2) is 12.0. The van der Waals surface area contributed by atoms with Crippen molar-refractivity contribution in [3.8, 4) is 6.01 Å². The number of nitrogens with zero attached hydrogens (tertiary/aromatic N) is 4. The van der Waals surface area contributed by atoms with Crippen molar-refractivity contribution in [3.05, 3.63) is 45.9 Å². The summed E-state index contributed by atoms with van der Waals surface area (Å²) in [6.07, 6.45) is 5.39. The Kier molecular flexibility index (Phi) is 8.58. The number of nitrogens with two attached hydrogens (primary N) is 1. The molecule has 0 bridgehead atoms. The molecule has 10 nitrogen and oxygen atoms in total. The smallest absolute Gasteiger partial charge is 0.327 e. The molecule has 1 fully saturated rings. The second-order valence-corrected chi connectivity index (χ2v) is 9.44. The van der Waals surface area contributed by atoms with Gasteiger partial charge >= 0.3 is 17.7 Å². The molecule has 2 aromatic heterocycles. The number of imidazole rings is 1. The Morgan fingerprint density at radius 3 is 2.72 bits per heavy atom. The molecule has 1 aliphatic heterocycles. The van der Waals surface area contributed by atoms with E-state index in [1.54, 1.807) is 4.57 Å². The lowest BCUT2D eigenvalue weighted by atomic mass is 9.89. The number of rotatable bonds is 11. The van der Waals surface area contributed by atoms with Crippen LogP contribution in [0.5, 0.6) is 6.01 Å². The van der Waals surface area contributed by atoms with Crippen LogP contribution in [0.2, 0.25) is 0 Å². The number of carbonyl (C=O) groups is 1. The highest BCUT2D eigenvalue weighted by Crippen LogP contribution is 2.23. The standard InChI is InChI=1S/C26H36N6O4/c1-3-4-14-36-25-29-23(27)22-24(30-25)32(26(34)28-22)13-12-31-10-8-18(9-11-31)15-19-6-5-7-20(16-19)17-21(33)35-2/h5-7,16,18H,3-4,8-15,17H2,1-2H3,(H,28,34)(H2,27,29,30). The maximum Gasteiger partial charge on any atom is 0.327 e. The molecule has 0 unspecified atom stereocenters. The van der Waals surface area contributed by atoms with Crippen LogP contribution in [-0.4, -0.2) is 63.7 Å². The van der Waals surface area contributed by atoms with Crippen molar-refractivity contribution in [3.63, 3.8) is 0 Å². The van der Waals surface area contributed by atoms with Gasteiger partial charge in [0.25, 0.3) is 0 Å². The van der Waals surface area contributed by atoms with Crippen LogP contribution < -0.4 is 16.2 Å². The Morgan fingerprint density at radius 2 is 1.97 bits per heavy atom. The fraction of sp³-hybridized carbons (Fsp3) is 0.538. The van der Waals surface area contributed by atoms with E-state index >= 15 is 0 Å². The molecule has 0 radical (unpaired) electrons. The number of benzene rings is 1. The van der Waals surface area contributed by atoms with E-state index in [9.17, 15) is 9.59 Å². The number of fused-ring (bicyclic) bond motifs is 1. The van der Waals surface area contributed by atoms with E-state index in [2.05, 4.69) is 38.9 Å². The van der Waals surface area contributed by atoms with Crippen molar-refractivity contribution in [1.29, 1.82) is 0 Å². The first-order valence-corrected chi connectivity index (χ1v) is 12.7. The van der Waals surface area contributed by atoms with E-state index in [0.29, 0.717) is 36.7 Å². The molecule has 0 aliphatic carbocycles. The van der Waals surface area contributed by atoms with Crippen LogP contribution in [0, 0.1) is 5.92 Å². The van der Waals surface area contributed by atoms with E-state index in [1.807, 2.05) is 12.1 Å². The lowest BCUT2D eigenvalue weighted by molar-refractivity contribution is -0.139. The van der Waals surface area contributed by atoms with Crippen LogP contribution in [-0.2, 0) is 28.9 Å². The third-order valence-electron chi connectivity index (χ3n) is 6.80. The molecule has 1 aliphatic rings. The number of likely N-dealkylation sites (tertiary alicyclic amines) is 1. The first-order chi connectivity index (χ1) is 17.5. The van der Waals surface area contributed by atoms with Gasteiger partial charge in [0, 0.05) is 13.1 Å². The molecule has 0 amide bonds. The molecule has 194 valence electrons. The van der Waals surface area contributed by atoms with Gasteiger partial charge in [-0.1, -0.05) is 37.6 Å². The number of nitrogens with one attached hydrogen (secondary N) is 1. The fourth-order valence-electron chi connectivity index (χ4n) is 4.70. The molecular formula is C26H36N6O4. The number of aromatic nitrogens is 4. The molecule has 0 saturated carbocycles. The highest BCUT2D eigenvalue weighted by Gasteiger charge is 2.21. The summed E-state index contributed by atoms with van der Waals surface area (Å²) in [5.74, 6) is 0.601. The molecule has 0 spiro atoms. The number of anilines is 1. The topological polar surface area (TPSA) is 128 Å². The van der Waals surface area contributed by atoms with Crippen LogP contribution in [0.3, 0.4) is 0 Å². The molecule has 4 rings (SSSR count). The molecule has 1 saturated heterocycles. The van der Waals surface area contributed by atoms with Gasteiger partial charge < -0.3 is 25.1 Å². The summed E-state index contributed by atoms with van der Waals surface area (Å²) in [6, 6.07) is 8.43. The average molecular weight is 497 g/mol. The van der Waals surface area contributed by atoms with Crippen LogP contribution in [0.25, 0.3) is 11.2 Å². The Hall–Kier alpha value is -3.40.